The minimum Gasteiger partial charge on any atom is -0.308 e. The molecule has 1 heterocycles. The summed E-state index contributed by atoms with van der Waals surface area (Å²) in [5.41, 5.74) is 3.48. The van der Waals surface area contributed by atoms with Crippen LogP contribution >= 0.6 is 11.6 Å². The minimum atomic E-state index is -0.485. The van der Waals surface area contributed by atoms with Crippen molar-refractivity contribution in [1.29, 1.82) is 0 Å². The lowest BCUT2D eigenvalue weighted by molar-refractivity contribution is -0.383. The summed E-state index contributed by atoms with van der Waals surface area (Å²) in [7, 11) is 0. The molecule has 0 aliphatic heterocycles. The van der Waals surface area contributed by atoms with Gasteiger partial charge in [0.15, 0.2) is 5.52 Å². The molecule has 19 heavy (non-hydrogen) atoms. The molecule has 0 aliphatic rings. The fourth-order valence-corrected chi connectivity index (χ4v) is 2.14. The van der Waals surface area contributed by atoms with E-state index in [1.54, 1.807) is 6.07 Å². The number of nitro benzene ring substituents is 1. The lowest BCUT2D eigenvalue weighted by Gasteiger charge is -2.13. The molecule has 0 unspecified atom stereocenters. The van der Waals surface area contributed by atoms with Crippen LogP contribution in [-0.4, -0.2) is 9.91 Å². The Morgan fingerprint density at radius 3 is 2.68 bits per heavy atom. The third-order valence-corrected chi connectivity index (χ3v) is 3.22. The smallest absolute Gasteiger partial charge is 0.295 e. The van der Waals surface area contributed by atoms with Crippen LogP contribution in [-0.2, 0) is 0 Å². The van der Waals surface area contributed by atoms with Crippen molar-refractivity contribution in [3.63, 3.8) is 0 Å². The molecule has 1 aromatic heterocycles. The monoisotopic (exact) mass is 280 g/mol. The van der Waals surface area contributed by atoms with Crippen LogP contribution in [0.3, 0.4) is 0 Å². The Morgan fingerprint density at radius 2 is 2.16 bits per heavy atom. The maximum Gasteiger partial charge on any atom is 0.295 e. The van der Waals surface area contributed by atoms with Gasteiger partial charge < -0.3 is 5.43 Å². The van der Waals surface area contributed by atoms with Crippen LogP contribution < -0.4 is 11.3 Å². The second-order valence-corrected chi connectivity index (χ2v) is 4.85. The zero-order valence-electron chi connectivity index (χ0n) is 10.5. The number of non-ortho nitro benzene ring substituents is 1. The summed E-state index contributed by atoms with van der Waals surface area (Å²) < 4.78 is 0. The maximum atomic E-state index is 11.0. The summed E-state index contributed by atoms with van der Waals surface area (Å²) >= 11 is 6.09. The molecule has 0 bridgehead atoms. The van der Waals surface area contributed by atoms with E-state index < -0.39 is 4.92 Å². The van der Waals surface area contributed by atoms with Crippen LogP contribution in [0.5, 0.6) is 0 Å². The van der Waals surface area contributed by atoms with Gasteiger partial charge in [0.25, 0.3) is 5.69 Å². The standard InChI is InChI=1S/C12H13ClN4O2/c1-6(2)7-5-8-9(13)3-4-10(17(18)19)11(8)15-12(7)16-14/h3-6H,14H2,1-2H3,(H,15,16). The second-order valence-electron chi connectivity index (χ2n) is 4.45. The number of nitrogen functional groups attached to an aromatic ring is 1. The molecule has 3 N–H and O–H groups in total. The van der Waals surface area contributed by atoms with Crippen LogP contribution in [0.1, 0.15) is 25.3 Å². The quantitative estimate of drug-likeness (QED) is 0.511. The summed E-state index contributed by atoms with van der Waals surface area (Å²) in [6.07, 6.45) is 0. The molecule has 1 aromatic carbocycles. The first kappa shape index (κ1) is 13.5. The third-order valence-electron chi connectivity index (χ3n) is 2.89. The zero-order valence-corrected chi connectivity index (χ0v) is 11.2. The molecule has 7 heteroatoms. The molecule has 0 saturated heterocycles. The van der Waals surface area contributed by atoms with Crippen molar-refractivity contribution in [2.75, 3.05) is 5.43 Å². The number of nitrogens with zero attached hydrogens (tertiary/aromatic N) is 2. The first-order valence-corrected chi connectivity index (χ1v) is 6.07. The van der Waals surface area contributed by atoms with Gasteiger partial charge in [0.1, 0.15) is 5.82 Å². The van der Waals surface area contributed by atoms with Crippen LogP contribution in [0.4, 0.5) is 11.5 Å². The van der Waals surface area contributed by atoms with Gasteiger partial charge in [-0.15, -0.1) is 0 Å². The van der Waals surface area contributed by atoms with E-state index in [0.717, 1.165) is 5.56 Å². The lowest BCUT2D eigenvalue weighted by atomic mass is 10.0. The summed E-state index contributed by atoms with van der Waals surface area (Å²) in [5, 5.41) is 12.0. The SMILES string of the molecule is CC(C)c1cc2c(Cl)ccc([N+](=O)[O-])c2nc1NN. The highest BCUT2D eigenvalue weighted by atomic mass is 35.5. The van der Waals surface area contributed by atoms with Gasteiger partial charge >= 0.3 is 0 Å². The average molecular weight is 281 g/mol. The van der Waals surface area contributed by atoms with Gasteiger partial charge in [0, 0.05) is 11.5 Å². The Morgan fingerprint density at radius 1 is 1.47 bits per heavy atom. The molecule has 2 rings (SSSR count). The summed E-state index contributed by atoms with van der Waals surface area (Å²) in [5.74, 6) is 6.02. The van der Waals surface area contributed by atoms with Crippen molar-refractivity contribution in [3.05, 3.63) is 38.9 Å². The number of nitrogens with two attached hydrogens (primary N) is 1. The van der Waals surface area contributed by atoms with E-state index in [9.17, 15) is 10.1 Å². The van der Waals surface area contributed by atoms with Crippen molar-refractivity contribution in [2.24, 2.45) is 5.84 Å². The molecular weight excluding hydrogens is 268 g/mol. The predicted octanol–water partition coefficient (Wildman–Crippen LogP) is 3.21. The fourth-order valence-electron chi connectivity index (χ4n) is 1.93. The first-order valence-electron chi connectivity index (χ1n) is 5.70. The molecule has 0 saturated carbocycles. The fraction of sp³-hybridized carbons (Fsp3) is 0.250. The zero-order chi connectivity index (χ0) is 14.2. The van der Waals surface area contributed by atoms with Gasteiger partial charge in [-0.1, -0.05) is 25.4 Å². The number of rotatable bonds is 3. The van der Waals surface area contributed by atoms with Gasteiger partial charge in [0.2, 0.25) is 0 Å². The molecule has 0 fully saturated rings. The second kappa shape index (κ2) is 4.99. The molecular formula is C12H13ClN4O2. The van der Waals surface area contributed by atoms with E-state index in [1.807, 2.05) is 13.8 Å². The average Bonchev–Trinajstić information content (AvgIpc) is 2.37. The largest absolute Gasteiger partial charge is 0.308 e. The van der Waals surface area contributed by atoms with Crippen molar-refractivity contribution in [2.45, 2.75) is 19.8 Å². The first-order chi connectivity index (χ1) is 8.95. The predicted molar refractivity (Wildman–Crippen MR) is 75.3 cm³/mol. The molecule has 6 nitrogen and oxygen atoms in total. The molecule has 0 radical (unpaired) electrons. The number of anilines is 1. The van der Waals surface area contributed by atoms with Crippen molar-refractivity contribution < 1.29 is 4.92 Å². The van der Waals surface area contributed by atoms with Crippen molar-refractivity contribution >= 4 is 34.0 Å². The number of pyridine rings is 1. The number of aromatic nitrogens is 1. The van der Waals surface area contributed by atoms with Crippen LogP contribution in [0, 0.1) is 10.1 Å². The number of nitro groups is 1. The summed E-state index contributed by atoms with van der Waals surface area (Å²) in [6, 6.07) is 4.63. The number of benzene rings is 1. The van der Waals surface area contributed by atoms with E-state index in [2.05, 4.69) is 10.4 Å². The number of nitrogens with one attached hydrogen (secondary N) is 1. The van der Waals surface area contributed by atoms with E-state index >= 15 is 0 Å². The molecule has 0 spiro atoms. The Kier molecular flexibility index (Phi) is 3.55. The normalized spacial score (nSPS) is 11.0. The number of hydrazine groups is 1. The minimum absolute atomic E-state index is 0.0915. The van der Waals surface area contributed by atoms with Crippen LogP contribution in [0.2, 0.25) is 5.02 Å². The van der Waals surface area contributed by atoms with E-state index in [1.165, 1.54) is 12.1 Å². The highest BCUT2D eigenvalue weighted by Crippen LogP contribution is 2.34. The van der Waals surface area contributed by atoms with Gasteiger partial charge in [-0.3, -0.25) is 10.1 Å². The number of hydrogen-bond donors (Lipinski definition) is 2. The van der Waals surface area contributed by atoms with E-state index in [0.29, 0.717) is 16.2 Å². The highest BCUT2D eigenvalue weighted by Gasteiger charge is 2.19. The van der Waals surface area contributed by atoms with Gasteiger partial charge in [-0.05, 0) is 23.6 Å². The Balaban J connectivity index is 2.87. The van der Waals surface area contributed by atoms with Crippen molar-refractivity contribution in [3.8, 4) is 0 Å². The van der Waals surface area contributed by atoms with E-state index in [4.69, 9.17) is 17.4 Å². The molecule has 0 atom stereocenters. The molecule has 0 amide bonds. The van der Waals surface area contributed by atoms with Gasteiger partial charge in [0.05, 0.1) is 9.95 Å². The van der Waals surface area contributed by atoms with Gasteiger partial charge in [-0.25, -0.2) is 10.8 Å². The van der Waals surface area contributed by atoms with Crippen LogP contribution in [0.25, 0.3) is 10.9 Å². The summed E-state index contributed by atoms with van der Waals surface area (Å²) in [4.78, 5) is 14.8. The molecule has 100 valence electrons. The number of halogens is 1. The Bertz CT molecular complexity index is 658. The summed E-state index contributed by atoms with van der Waals surface area (Å²) in [6.45, 7) is 3.96. The van der Waals surface area contributed by atoms with E-state index in [-0.39, 0.29) is 17.1 Å². The third kappa shape index (κ3) is 2.32. The van der Waals surface area contributed by atoms with Gasteiger partial charge in [-0.2, -0.15) is 0 Å². The molecule has 2 aromatic rings. The lowest BCUT2D eigenvalue weighted by Crippen LogP contribution is -2.12. The Hall–Kier alpha value is -1.92. The number of fused-ring (bicyclic) bond motifs is 1. The van der Waals surface area contributed by atoms with Crippen molar-refractivity contribution in [1.82, 2.24) is 4.98 Å². The highest BCUT2D eigenvalue weighted by molar-refractivity contribution is 6.35. The topological polar surface area (TPSA) is 94.1 Å². The number of hydrogen-bond acceptors (Lipinski definition) is 5. The van der Waals surface area contributed by atoms with Crippen LogP contribution in [0.15, 0.2) is 18.2 Å². The molecule has 0 aliphatic carbocycles. The Labute approximate surface area is 114 Å². The maximum absolute atomic E-state index is 11.0.